The minimum absolute atomic E-state index is 0.397. The summed E-state index contributed by atoms with van der Waals surface area (Å²) < 4.78 is 11.7. The Kier molecular flexibility index (Phi) is 4.79. The van der Waals surface area contributed by atoms with E-state index in [9.17, 15) is 4.79 Å². The van der Waals surface area contributed by atoms with E-state index in [1.54, 1.807) is 36.2 Å². The molecule has 3 rings (SSSR count). The third-order valence-electron chi connectivity index (χ3n) is 4.09. The number of hydrogen-bond donors (Lipinski definition) is 2. The van der Waals surface area contributed by atoms with Crippen LogP contribution >= 0.6 is 0 Å². The SMILES string of the molecule is COC(=O)c1ccc(N)c(-c2c(N)cnn2Cc2ccc(OC)cc2)c1. The molecule has 0 amide bonds. The first-order chi connectivity index (χ1) is 12.5. The van der Waals surface area contributed by atoms with Gasteiger partial charge in [0.05, 0.1) is 43.9 Å². The molecule has 26 heavy (non-hydrogen) atoms. The number of nitrogens with zero attached hydrogens (tertiary/aromatic N) is 2. The van der Waals surface area contributed by atoms with E-state index in [0.717, 1.165) is 11.3 Å². The monoisotopic (exact) mass is 352 g/mol. The first-order valence-electron chi connectivity index (χ1n) is 7.96. The van der Waals surface area contributed by atoms with Gasteiger partial charge < -0.3 is 20.9 Å². The van der Waals surface area contributed by atoms with E-state index in [2.05, 4.69) is 5.10 Å². The lowest BCUT2D eigenvalue weighted by Crippen LogP contribution is -2.07. The minimum Gasteiger partial charge on any atom is -0.497 e. The van der Waals surface area contributed by atoms with Crippen molar-refractivity contribution in [1.29, 1.82) is 0 Å². The molecule has 0 unspecified atom stereocenters. The van der Waals surface area contributed by atoms with Gasteiger partial charge in [-0.15, -0.1) is 0 Å². The number of methoxy groups -OCH3 is 2. The number of carbonyl (C=O) groups is 1. The molecule has 0 atom stereocenters. The molecule has 0 saturated heterocycles. The predicted octanol–water partition coefficient (Wildman–Crippen LogP) is 2.56. The van der Waals surface area contributed by atoms with E-state index in [4.69, 9.17) is 20.9 Å². The molecule has 0 spiro atoms. The number of rotatable bonds is 5. The lowest BCUT2D eigenvalue weighted by molar-refractivity contribution is 0.0601. The lowest BCUT2D eigenvalue weighted by atomic mass is 10.0. The summed E-state index contributed by atoms with van der Waals surface area (Å²) in [6, 6.07) is 12.6. The van der Waals surface area contributed by atoms with E-state index >= 15 is 0 Å². The zero-order valence-electron chi connectivity index (χ0n) is 14.6. The summed E-state index contributed by atoms with van der Waals surface area (Å²) in [6.45, 7) is 0.498. The van der Waals surface area contributed by atoms with E-state index in [-0.39, 0.29) is 0 Å². The maximum Gasteiger partial charge on any atom is 0.337 e. The number of ether oxygens (including phenoxy) is 2. The molecule has 4 N–H and O–H groups in total. The number of hydrogen-bond acceptors (Lipinski definition) is 6. The minimum atomic E-state index is -0.439. The quantitative estimate of drug-likeness (QED) is 0.540. The smallest absolute Gasteiger partial charge is 0.337 e. The molecule has 0 aliphatic rings. The second kappa shape index (κ2) is 7.18. The lowest BCUT2D eigenvalue weighted by Gasteiger charge is -2.12. The topological polar surface area (TPSA) is 105 Å². The van der Waals surface area contributed by atoms with Crippen LogP contribution in [-0.4, -0.2) is 30.0 Å². The standard InChI is InChI=1S/C19H20N4O3/c1-25-14-6-3-12(4-7-14)11-23-18(17(21)10-22-23)15-9-13(19(24)26-2)5-8-16(15)20/h3-10H,11,20-21H2,1-2H3. The van der Waals surface area contributed by atoms with Gasteiger partial charge in [-0.05, 0) is 35.9 Å². The van der Waals surface area contributed by atoms with Gasteiger partial charge in [0.1, 0.15) is 5.75 Å². The van der Waals surface area contributed by atoms with Crippen molar-refractivity contribution < 1.29 is 14.3 Å². The fourth-order valence-corrected chi connectivity index (χ4v) is 2.72. The highest BCUT2D eigenvalue weighted by Crippen LogP contribution is 2.32. The molecule has 3 aromatic rings. The molecule has 7 nitrogen and oxygen atoms in total. The second-order valence-electron chi connectivity index (χ2n) is 5.75. The molecule has 0 saturated carbocycles. The molecule has 1 heterocycles. The maximum absolute atomic E-state index is 11.8. The highest BCUT2D eigenvalue weighted by atomic mass is 16.5. The van der Waals surface area contributed by atoms with Crippen LogP contribution in [-0.2, 0) is 11.3 Å². The van der Waals surface area contributed by atoms with Gasteiger partial charge in [0.25, 0.3) is 0 Å². The zero-order chi connectivity index (χ0) is 18.7. The Morgan fingerprint density at radius 2 is 1.81 bits per heavy atom. The van der Waals surface area contributed by atoms with Gasteiger partial charge in [0.15, 0.2) is 0 Å². The molecule has 0 aliphatic carbocycles. The van der Waals surface area contributed by atoms with Crippen molar-refractivity contribution in [2.24, 2.45) is 0 Å². The van der Waals surface area contributed by atoms with E-state index in [0.29, 0.717) is 34.7 Å². The van der Waals surface area contributed by atoms with Crippen LogP contribution in [0.3, 0.4) is 0 Å². The Labute approximate surface area is 151 Å². The molecule has 0 fully saturated rings. The van der Waals surface area contributed by atoms with Crippen LogP contribution < -0.4 is 16.2 Å². The molecule has 0 bridgehead atoms. The number of anilines is 2. The summed E-state index contributed by atoms with van der Waals surface area (Å²) in [4.78, 5) is 11.8. The molecule has 134 valence electrons. The second-order valence-corrected chi connectivity index (χ2v) is 5.75. The summed E-state index contributed by atoms with van der Waals surface area (Å²) in [5, 5.41) is 4.35. The van der Waals surface area contributed by atoms with E-state index in [1.807, 2.05) is 24.3 Å². The molecule has 0 radical (unpaired) electrons. The fourth-order valence-electron chi connectivity index (χ4n) is 2.72. The van der Waals surface area contributed by atoms with Crippen LogP contribution in [0.1, 0.15) is 15.9 Å². The van der Waals surface area contributed by atoms with Crippen molar-refractivity contribution in [2.45, 2.75) is 6.54 Å². The van der Waals surface area contributed by atoms with Gasteiger partial charge in [-0.3, -0.25) is 4.68 Å². The third kappa shape index (κ3) is 3.32. The fraction of sp³-hybridized carbons (Fsp3) is 0.158. The van der Waals surface area contributed by atoms with Gasteiger partial charge in [0, 0.05) is 11.3 Å². The zero-order valence-corrected chi connectivity index (χ0v) is 14.6. The largest absolute Gasteiger partial charge is 0.497 e. The van der Waals surface area contributed by atoms with Gasteiger partial charge in [0.2, 0.25) is 0 Å². The normalized spacial score (nSPS) is 10.5. The maximum atomic E-state index is 11.8. The van der Waals surface area contributed by atoms with Crippen LogP contribution in [0.5, 0.6) is 5.75 Å². The number of benzene rings is 2. The van der Waals surface area contributed by atoms with Crippen molar-refractivity contribution in [1.82, 2.24) is 9.78 Å². The molecule has 2 aromatic carbocycles. The first-order valence-corrected chi connectivity index (χ1v) is 7.96. The van der Waals surface area contributed by atoms with Gasteiger partial charge in [-0.25, -0.2) is 4.79 Å². The van der Waals surface area contributed by atoms with Gasteiger partial charge in [-0.2, -0.15) is 5.10 Å². The average Bonchev–Trinajstić information content (AvgIpc) is 3.02. The van der Waals surface area contributed by atoms with Crippen LogP contribution in [0, 0.1) is 0 Å². The van der Waals surface area contributed by atoms with Crippen LogP contribution in [0.4, 0.5) is 11.4 Å². The predicted molar refractivity (Wildman–Crippen MR) is 99.9 cm³/mol. The molecular formula is C19H20N4O3. The van der Waals surface area contributed by atoms with Crippen LogP contribution in [0.25, 0.3) is 11.3 Å². The Hall–Kier alpha value is -3.48. The molecular weight excluding hydrogens is 332 g/mol. The highest BCUT2D eigenvalue weighted by molar-refractivity contribution is 5.93. The van der Waals surface area contributed by atoms with Crippen molar-refractivity contribution in [3.63, 3.8) is 0 Å². The van der Waals surface area contributed by atoms with Crippen molar-refractivity contribution in [2.75, 3.05) is 25.7 Å². The van der Waals surface area contributed by atoms with E-state index < -0.39 is 5.97 Å². The number of esters is 1. The number of aromatic nitrogens is 2. The van der Waals surface area contributed by atoms with Crippen LogP contribution in [0.15, 0.2) is 48.7 Å². The molecule has 0 aliphatic heterocycles. The Bertz CT molecular complexity index is 932. The first kappa shape index (κ1) is 17.3. The van der Waals surface area contributed by atoms with Gasteiger partial charge >= 0.3 is 5.97 Å². The Morgan fingerprint density at radius 3 is 2.46 bits per heavy atom. The summed E-state index contributed by atoms with van der Waals surface area (Å²) in [6.07, 6.45) is 1.57. The summed E-state index contributed by atoms with van der Waals surface area (Å²) >= 11 is 0. The van der Waals surface area contributed by atoms with Crippen LogP contribution in [0.2, 0.25) is 0 Å². The summed E-state index contributed by atoms with van der Waals surface area (Å²) in [5.74, 6) is 0.343. The number of nitrogen functional groups attached to an aromatic ring is 2. The van der Waals surface area contributed by atoms with Gasteiger partial charge in [-0.1, -0.05) is 12.1 Å². The van der Waals surface area contributed by atoms with E-state index in [1.165, 1.54) is 7.11 Å². The average molecular weight is 352 g/mol. The summed E-state index contributed by atoms with van der Waals surface area (Å²) in [5.41, 5.74) is 15.9. The Morgan fingerprint density at radius 1 is 1.08 bits per heavy atom. The number of nitrogens with two attached hydrogens (primary N) is 2. The van der Waals surface area contributed by atoms with Crippen molar-refractivity contribution in [3.8, 4) is 17.0 Å². The van der Waals surface area contributed by atoms with Crippen molar-refractivity contribution in [3.05, 3.63) is 59.8 Å². The van der Waals surface area contributed by atoms with Crippen molar-refractivity contribution >= 4 is 17.3 Å². The highest BCUT2D eigenvalue weighted by Gasteiger charge is 2.17. The third-order valence-corrected chi connectivity index (χ3v) is 4.09. The Balaban J connectivity index is 2.01. The summed E-state index contributed by atoms with van der Waals surface area (Å²) in [7, 11) is 2.96. The number of carbonyl (C=O) groups excluding carboxylic acids is 1. The molecule has 7 heteroatoms. The molecule has 1 aromatic heterocycles.